The van der Waals surface area contributed by atoms with Gasteiger partial charge in [0, 0.05) is 6.54 Å². The lowest BCUT2D eigenvalue weighted by molar-refractivity contribution is -0.145. The number of nitrogens with zero attached hydrogens (tertiary/aromatic N) is 1. The average molecular weight is 242 g/mol. The van der Waals surface area contributed by atoms with Crippen LogP contribution in [0.25, 0.3) is 0 Å². The predicted molar refractivity (Wildman–Crippen MR) is 57.5 cm³/mol. The smallest absolute Gasteiger partial charge is 0.380 e. The van der Waals surface area contributed by atoms with Gasteiger partial charge in [-0.3, -0.25) is 0 Å². The molecule has 16 heavy (non-hydrogen) atoms. The molecule has 0 amide bonds. The fourth-order valence-electron chi connectivity index (χ4n) is 1.08. The second-order valence-corrected chi connectivity index (χ2v) is 3.88. The summed E-state index contributed by atoms with van der Waals surface area (Å²) in [5.41, 5.74) is 0. The van der Waals surface area contributed by atoms with Crippen LogP contribution in [0.5, 0.6) is 0 Å². The highest BCUT2D eigenvalue weighted by Gasteiger charge is 2.26. The molecule has 0 aliphatic heterocycles. The first-order chi connectivity index (χ1) is 7.42. The van der Waals surface area contributed by atoms with Crippen molar-refractivity contribution in [3.8, 4) is 0 Å². The third-order valence-electron chi connectivity index (χ3n) is 1.91. The largest absolute Gasteiger partial charge is 0.391 e. The number of rotatable bonds is 9. The molecule has 0 bridgehead atoms. The molecule has 0 saturated carbocycles. The van der Waals surface area contributed by atoms with Crippen molar-refractivity contribution in [3.63, 3.8) is 0 Å². The molecule has 0 fully saturated rings. The van der Waals surface area contributed by atoms with Crippen LogP contribution in [0.2, 0.25) is 0 Å². The molecule has 0 atom stereocenters. The Morgan fingerprint density at radius 1 is 1.12 bits per heavy atom. The van der Waals surface area contributed by atoms with E-state index in [-0.39, 0.29) is 6.61 Å². The van der Waals surface area contributed by atoms with E-state index in [1.54, 1.807) is 0 Å². The molecule has 0 heterocycles. The molecule has 0 rings (SSSR count). The Kier molecular flexibility index (Phi) is 8.60. The van der Waals surface area contributed by atoms with E-state index in [4.69, 9.17) is 4.74 Å². The molecule has 0 aromatic rings. The Morgan fingerprint density at radius 2 is 1.81 bits per heavy atom. The highest BCUT2D eigenvalue weighted by molar-refractivity contribution is 4.51. The lowest BCUT2D eigenvalue weighted by Gasteiger charge is -2.10. The van der Waals surface area contributed by atoms with Gasteiger partial charge in [-0.05, 0) is 33.6 Å². The normalized spacial score (nSPS) is 12.4. The summed E-state index contributed by atoms with van der Waals surface area (Å²) < 4.78 is 40.0. The monoisotopic (exact) mass is 242 g/mol. The summed E-state index contributed by atoms with van der Waals surface area (Å²) in [6.07, 6.45) is -3.96. The highest BCUT2D eigenvalue weighted by Crippen LogP contribution is 2.18. The van der Waals surface area contributed by atoms with Crippen LogP contribution >= 0.6 is 0 Å². The van der Waals surface area contributed by atoms with Gasteiger partial charge in [0.05, 0.1) is 19.6 Å². The maximum atomic E-state index is 11.7. The molecule has 1 N–H and O–H groups in total. The summed E-state index contributed by atoms with van der Waals surface area (Å²) >= 11 is 0. The molecule has 3 nitrogen and oxygen atoms in total. The van der Waals surface area contributed by atoms with E-state index >= 15 is 0 Å². The second kappa shape index (κ2) is 8.78. The Bertz CT molecular complexity index is 163. The Hall–Kier alpha value is -0.330. The zero-order valence-electron chi connectivity index (χ0n) is 9.94. The fourth-order valence-corrected chi connectivity index (χ4v) is 1.08. The van der Waals surface area contributed by atoms with Crippen molar-refractivity contribution in [2.45, 2.75) is 19.0 Å². The van der Waals surface area contributed by atoms with Gasteiger partial charge in [-0.1, -0.05) is 0 Å². The third kappa shape index (κ3) is 13.7. The summed E-state index contributed by atoms with van der Waals surface area (Å²) in [6.45, 7) is 2.55. The number of halogens is 3. The maximum absolute atomic E-state index is 11.7. The van der Waals surface area contributed by atoms with Crippen LogP contribution in [0.1, 0.15) is 12.8 Å². The predicted octanol–water partition coefficient (Wildman–Crippen LogP) is 1.50. The summed E-state index contributed by atoms with van der Waals surface area (Å²) in [7, 11) is 4.00. The first-order valence-electron chi connectivity index (χ1n) is 5.42. The molecule has 0 saturated heterocycles. The van der Waals surface area contributed by atoms with Gasteiger partial charge < -0.3 is 15.0 Å². The van der Waals surface area contributed by atoms with Crippen LogP contribution in [-0.4, -0.2) is 58.0 Å². The third-order valence-corrected chi connectivity index (χ3v) is 1.91. The van der Waals surface area contributed by atoms with Crippen LogP contribution in [0.4, 0.5) is 13.2 Å². The summed E-state index contributed by atoms with van der Waals surface area (Å²) in [5, 5.41) is 3.11. The van der Waals surface area contributed by atoms with Crippen molar-refractivity contribution in [3.05, 3.63) is 0 Å². The first-order valence-corrected chi connectivity index (χ1v) is 5.42. The van der Waals surface area contributed by atoms with Gasteiger partial charge in [0.1, 0.15) is 0 Å². The van der Waals surface area contributed by atoms with Gasteiger partial charge in [0.2, 0.25) is 0 Å². The van der Waals surface area contributed by atoms with Crippen LogP contribution in [0.3, 0.4) is 0 Å². The minimum absolute atomic E-state index is 0.247. The summed E-state index contributed by atoms with van der Waals surface area (Å²) in [5.74, 6) is 0. The quantitative estimate of drug-likeness (QED) is 0.620. The number of hydrogen-bond donors (Lipinski definition) is 1. The van der Waals surface area contributed by atoms with Gasteiger partial charge in [-0.25, -0.2) is 0 Å². The van der Waals surface area contributed by atoms with Gasteiger partial charge >= 0.3 is 6.18 Å². The van der Waals surface area contributed by atoms with Crippen LogP contribution in [0.15, 0.2) is 0 Å². The van der Waals surface area contributed by atoms with Crippen molar-refractivity contribution in [1.82, 2.24) is 10.2 Å². The zero-order chi connectivity index (χ0) is 12.4. The van der Waals surface area contributed by atoms with Crippen molar-refractivity contribution < 1.29 is 17.9 Å². The number of nitrogens with one attached hydrogen (secondary N) is 1. The number of ether oxygens (including phenoxy) is 1. The number of hydrogen-bond acceptors (Lipinski definition) is 3. The molecule has 0 aliphatic carbocycles. The van der Waals surface area contributed by atoms with Crippen LogP contribution in [-0.2, 0) is 4.74 Å². The molecule has 0 radical (unpaired) electrons. The van der Waals surface area contributed by atoms with Crippen molar-refractivity contribution in [2.75, 3.05) is 46.9 Å². The Labute approximate surface area is 94.9 Å². The first kappa shape index (κ1) is 15.7. The van der Waals surface area contributed by atoms with Gasteiger partial charge in [0.15, 0.2) is 0 Å². The number of alkyl halides is 3. The lowest BCUT2D eigenvalue weighted by Crippen LogP contribution is -2.25. The van der Waals surface area contributed by atoms with Gasteiger partial charge in [-0.15, -0.1) is 0 Å². The molecule has 0 aliphatic rings. The zero-order valence-corrected chi connectivity index (χ0v) is 9.94. The van der Waals surface area contributed by atoms with Crippen molar-refractivity contribution >= 4 is 0 Å². The summed E-state index contributed by atoms with van der Waals surface area (Å²) in [4.78, 5) is 2.08. The van der Waals surface area contributed by atoms with Gasteiger partial charge in [0.25, 0.3) is 0 Å². The van der Waals surface area contributed by atoms with Crippen molar-refractivity contribution in [1.29, 1.82) is 0 Å². The summed E-state index contributed by atoms with van der Waals surface area (Å²) in [6, 6.07) is 0. The lowest BCUT2D eigenvalue weighted by atomic mass is 10.4. The molecule has 98 valence electrons. The van der Waals surface area contributed by atoms with Crippen molar-refractivity contribution in [2.24, 2.45) is 0 Å². The molecule has 6 heteroatoms. The van der Waals surface area contributed by atoms with Crippen LogP contribution in [0, 0.1) is 0 Å². The second-order valence-electron chi connectivity index (χ2n) is 3.88. The Balaban J connectivity index is 3.05. The fraction of sp³-hybridized carbons (Fsp3) is 1.00. The van der Waals surface area contributed by atoms with E-state index in [2.05, 4.69) is 10.2 Å². The topological polar surface area (TPSA) is 24.5 Å². The molecular weight excluding hydrogens is 221 g/mol. The minimum Gasteiger partial charge on any atom is -0.380 e. The highest BCUT2D eigenvalue weighted by atomic mass is 19.4. The SMILES string of the molecule is CN(C)CCCNCCOCCC(F)(F)F. The standard InChI is InChI=1S/C10H21F3N2O/c1-15(2)7-3-5-14-6-9-16-8-4-10(11,12)13/h14H,3-9H2,1-2H3. The molecule has 0 aromatic heterocycles. The van der Waals surface area contributed by atoms with Gasteiger partial charge in [-0.2, -0.15) is 13.2 Å². The molecule has 0 unspecified atom stereocenters. The Morgan fingerprint density at radius 3 is 2.38 bits per heavy atom. The average Bonchev–Trinajstić information content (AvgIpc) is 2.13. The van der Waals surface area contributed by atoms with E-state index in [0.717, 1.165) is 19.5 Å². The van der Waals surface area contributed by atoms with E-state index in [9.17, 15) is 13.2 Å². The van der Waals surface area contributed by atoms with E-state index in [1.165, 1.54) is 0 Å². The van der Waals surface area contributed by atoms with E-state index < -0.39 is 12.6 Å². The molecule has 0 spiro atoms. The molecule has 0 aromatic carbocycles. The van der Waals surface area contributed by atoms with E-state index in [0.29, 0.717) is 13.2 Å². The maximum Gasteiger partial charge on any atom is 0.391 e. The van der Waals surface area contributed by atoms with E-state index in [1.807, 2.05) is 14.1 Å². The minimum atomic E-state index is -4.11. The van der Waals surface area contributed by atoms with Crippen LogP contribution < -0.4 is 5.32 Å². The molecular formula is C10H21F3N2O.